The molecule has 2 amide bonds. The van der Waals surface area contributed by atoms with E-state index in [-0.39, 0.29) is 12.6 Å². The van der Waals surface area contributed by atoms with Gasteiger partial charge in [0.1, 0.15) is 5.60 Å². The number of hydrogen-bond donors (Lipinski definition) is 2. The summed E-state index contributed by atoms with van der Waals surface area (Å²) in [5, 5.41) is 6.87. The highest BCUT2D eigenvalue weighted by Crippen LogP contribution is 2.46. The minimum atomic E-state index is -0.569. The van der Waals surface area contributed by atoms with Crippen LogP contribution in [0.2, 0.25) is 0 Å². The van der Waals surface area contributed by atoms with E-state index in [0.29, 0.717) is 24.3 Å². The van der Waals surface area contributed by atoms with E-state index in [2.05, 4.69) is 44.8 Å². The van der Waals surface area contributed by atoms with Gasteiger partial charge in [-0.15, -0.1) is 11.3 Å². The van der Waals surface area contributed by atoms with Crippen LogP contribution < -0.4 is 15.4 Å². The number of thiophene rings is 1. The van der Waals surface area contributed by atoms with Gasteiger partial charge >= 0.3 is 12.0 Å². The number of hydrogen-bond acceptors (Lipinski definition) is 7. The van der Waals surface area contributed by atoms with Crippen molar-refractivity contribution < 1.29 is 23.8 Å². The molecular weight excluding hydrogens is 606 g/mol. The van der Waals surface area contributed by atoms with Crippen molar-refractivity contribution in [3.05, 3.63) is 33.6 Å². The molecule has 4 rings (SSSR count). The van der Waals surface area contributed by atoms with Gasteiger partial charge < -0.3 is 29.7 Å². The molecule has 1 aliphatic heterocycles. The summed E-state index contributed by atoms with van der Waals surface area (Å²) in [5.74, 6) is 0.713. The number of anilines is 1. The van der Waals surface area contributed by atoms with Gasteiger partial charge in [-0.3, -0.25) is 0 Å². The fourth-order valence-corrected chi connectivity index (χ4v) is 7.44. The van der Waals surface area contributed by atoms with E-state index in [9.17, 15) is 9.59 Å². The first-order valence-corrected chi connectivity index (χ1v) is 16.3. The third-order valence-corrected chi connectivity index (χ3v) is 9.67. The predicted octanol–water partition coefficient (Wildman–Crippen LogP) is 7.21. The zero-order valence-electron chi connectivity index (χ0n) is 24.7. The van der Waals surface area contributed by atoms with E-state index in [1.54, 1.807) is 18.4 Å². The minimum absolute atomic E-state index is 0.111. The monoisotopic (exact) mass is 649 g/mol. The Morgan fingerprint density at radius 1 is 1.10 bits per heavy atom. The number of benzene rings is 1. The normalized spacial score (nSPS) is 16.9. The molecule has 2 heterocycles. The van der Waals surface area contributed by atoms with E-state index in [1.165, 1.54) is 19.3 Å². The van der Waals surface area contributed by atoms with Gasteiger partial charge in [0.15, 0.2) is 12.4 Å². The van der Waals surface area contributed by atoms with E-state index < -0.39 is 11.6 Å². The summed E-state index contributed by atoms with van der Waals surface area (Å²) in [6.07, 6.45) is 7.96. The molecular formula is C31H44BrN3O5S. The van der Waals surface area contributed by atoms with Crippen LogP contribution in [0.4, 0.5) is 10.5 Å². The molecule has 8 nitrogen and oxygen atoms in total. The summed E-state index contributed by atoms with van der Waals surface area (Å²) in [6, 6.07) is 8.79. The average molecular weight is 651 g/mol. The second-order valence-corrected chi connectivity index (χ2v) is 13.9. The van der Waals surface area contributed by atoms with Gasteiger partial charge in [0, 0.05) is 38.5 Å². The van der Waals surface area contributed by atoms with Crippen molar-refractivity contribution in [3.8, 4) is 16.2 Å². The zero-order valence-corrected chi connectivity index (χ0v) is 27.1. The summed E-state index contributed by atoms with van der Waals surface area (Å²) in [5.41, 5.74) is 1.52. The minimum Gasteiger partial charge on any atom is -0.479 e. The van der Waals surface area contributed by atoms with Gasteiger partial charge in [-0.05, 0) is 86.0 Å². The molecule has 10 heteroatoms. The highest BCUT2D eigenvalue weighted by atomic mass is 79.9. The molecule has 226 valence electrons. The van der Waals surface area contributed by atoms with E-state index in [1.807, 2.05) is 31.7 Å². The van der Waals surface area contributed by atoms with E-state index >= 15 is 0 Å². The number of nitrogens with one attached hydrogen (secondary N) is 2. The first-order valence-electron chi connectivity index (χ1n) is 14.7. The molecule has 1 saturated heterocycles. The second kappa shape index (κ2) is 14.7. The molecule has 2 fully saturated rings. The third kappa shape index (κ3) is 9.35. The number of nitrogens with zero attached hydrogens (tertiary/aromatic N) is 1. The summed E-state index contributed by atoms with van der Waals surface area (Å²) >= 11 is 5.29. The molecule has 0 bridgehead atoms. The van der Waals surface area contributed by atoms with Crippen molar-refractivity contribution in [2.75, 3.05) is 38.7 Å². The summed E-state index contributed by atoms with van der Waals surface area (Å²) in [6.45, 7) is 8.19. The highest BCUT2D eigenvalue weighted by molar-refractivity contribution is 9.10. The maximum absolute atomic E-state index is 12.7. The molecule has 41 heavy (non-hydrogen) atoms. The Morgan fingerprint density at radius 2 is 1.83 bits per heavy atom. The number of carbonyl (C=O) groups is 2. The summed E-state index contributed by atoms with van der Waals surface area (Å²) in [4.78, 5) is 28.8. The van der Waals surface area contributed by atoms with Crippen LogP contribution in [0, 0.1) is 5.92 Å². The molecule has 1 aromatic heterocycles. The molecule has 1 aliphatic carbocycles. The van der Waals surface area contributed by atoms with Crippen LogP contribution in [-0.4, -0.2) is 61.9 Å². The maximum Gasteiger partial charge on any atom is 0.344 e. The predicted molar refractivity (Wildman–Crippen MR) is 168 cm³/mol. The quantitative estimate of drug-likeness (QED) is 0.264. The molecule has 2 N–H and O–H groups in total. The molecule has 2 aromatic rings. The van der Waals surface area contributed by atoms with Crippen molar-refractivity contribution in [2.45, 2.75) is 84.0 Å². The maximum atomic E-state index is 12.7. The third-order valence-electron chi connectivity index (χ3n) is 7.46. The average Bonchev–Trinajstić information content (AvgIpc) is 3.25. The molecule has 0 radical (unpaired) electrons. The van der Waals surface area contributed by atoms with E-state index in [0.717, 1.165) is 70.8 Å². The smallest absolute Gasteiger partial charge is 0.344 e. The van der Waals surface area contributed by atoms with Crippen molar-refractivity contribution in [1.82, 2.24) is 10.2 Å². The number of halogens is 1. The Balaban J connectivity index is 1.32. The van der Waals surface area contributed by atoms with Crippen LogP contribution in [0.1, 0.15) is 70.6 Å². The van der Waals surface area contributed by atoms with Crippen LogP contribution in [0.15, 0.2) is 28.7 Å². The van der Waals surface area contributed by atoms with Gasteiger partial charge in [0.05, 0.1) is 20.8 Å². The van der Waals surface area contributed by atoms with Gasteiger partial charge in [-0.2, -0.15) is 0 Å². The Hall–Kier alpha value is -2.30. The number of methoxy groups -OCH3 is 1. The number of piperidine rings is 1. The van der Waals surface area contributed by atoms with Crippen LogP contribution in [0.25, 0.3) is 10.4 Å². The van der Waals surface area contributed by atoms with Crippen LogP contribution in [0.3, 0.4) is 0 Å². The number of carbonyl (C=O) groups excluding carboxylic acids is 2. The van der Waals surface area contributed by atoms with Gasteiger partial charge in [-0.1, -0.05) is 31.4 Å². The largest absolute Gasteiger partial charge is 0.479 e. The summed E-state index contributed by atoms with van der Waals surface area (Å²) in [7, 11) is 1.64. The Labute approximate surface area is 256 Å². The number of amides is 2. The molecule has 0 atom stereocenters. The van der Waals surface area contributed by atoms with Crippen molar-refractivity contribution >= 4 is 45.0 Å². The topological polar surface area (TPSA) is 89.1 Å². The number of likely N-dealkylation sites (tertiary alicyclic amines) is 1. The standard InChI is InChI=1S/C31H44BrN3O5S/c1-31(2,3)40-26(36)20-39-28-25(19-38-4)41-29(27(28)32)22-9-8-12-24(17-22)33-18-21-13-15-35(16-14-21)30(37)34-23-10-6-5-7-11-23/h8-9,12,17,21,23,33H,5-7,10-11,13-16,18-20H2,1-4H3,(H,34,37). The van der Waals surface area contributed by atoms with Crippen LogP contribution >= 0.6 is 27.3 Å². The fraction of sp³-hybridized carbons (Fsp3) is 0.613. The van der Waals surface area contributed by atoms with Crippen molar-refractivity contribution in [3.63, 3.8) is 0 Å². The van der Waals surface area contributed by atoms with Crippen molar-refractivity contribution in [1.29, 1.82) is 0 Å². The Kier molecular flexibility index (Phi) is 11.4. The van der Waals surface area contributed by atoms with Crippen LogP contribution in [-0.2, 0) is 20.9 Å². The second-order valence-electron chi connectivity index (χ2n) is 12.0. The highest BCUT2D eigenvalue weighted by Gasteiger charge is 2.26. The van der Waals surface area contributed by atoms with Crippen molar-refractivity contribution in [2.24, 2.45) is 5.92 Å². The lowest BCUT2D eigenvalue weighted by Gasteiger charge is -2.34. The van der Waals surface area contributed by atoms with E-state index in [4.69, 9.17) is 14.2 Å². The Bertz CT molecular complexity index is 1170. The zero-order chi connectivity index (χ0) is 29.4. The van der Waals surface area contributed by atoms with Crippen LogP contribution in [0.5, 0.6) is 5.75 Å². The number of esters is 1. The molecule has 0 unspecified atom stereocenters. The lowest BCUT2D eigenvalue weighted by atomic mass is 9.95. The number of rotatable bonds is 10. The number of urea groups is 1. The Morgan fingerprint density at radius 3 is 2.51 bits per heavy atom. The lowest BCUT2D eigenvalue weighted by Crippen LogP contribution is -2.48. The first-order chi connectivity index (χ1) is 19.6. The molecule has 1 aromatic carbocycles. The molecule has 0 spiro atoms. The molecule has 1 saturated carbocycles. The van der Waals surface area contributed by atoms with Gasteiger partial charge in [0.2, 0.25) is 0 Å². The fourth-order valence-electron chi connectivity index (χ4n) is 5.38. The SMILES string of the molecule is COCc1sc(-c2cccc(NCC3CCN(C(=O)NC4CCCCC4)CC3)c2)c(Br)c1OCC(=O)OC(C)(C)C. The summed E-state index contributed by atoms with van der Waals surface area (Å²) < 4.78 is 17.5. The van der Waals surface area contributed by atoms with Gasteiger partial charge in [-0.25, -0.2) is 9.59 Å². The first kappa shape index (κ1) is 31.6. The van der Waals surface area contributed by atoms with Gasteiger partial charge in [0.25, 0.3) is 0 Å². The number of ether oxygens (including phenoxy) is 3. The lowest BCUT2D eigenvalue weighted by molar-refractivity contribution is -0.157. The molecule has 2 aliphatic rings.